The molecule has 5 nitrogen and oxygen atoms in total. The van der Waals surface area contributed by atoms with Crippen LogP contribution in [0.5, 0.6) is 11.5 Å². The van der Waals surface area contributed by atoms with Gasteiger partial charge in [0.15, 0.2) is 11.5 Å². The number of hydrogen-bond donors (Lipinski definition) is 2. The molecule has 5 heteroatoms. The van der Waals surface area contributed by atoms with E-state index in [-0.39, 0.29) is 12.3 Å². The number of hydrogen-bond acceptors (Lipinski definition) is 4. The number of benzene rings is 3. The number of rotatable bonds is 5. The number of amides is 1. The molecule has 3 aromatic rings. The van der Waals surface area contributed by atoms with E-state index < -0.39 is 6.10 Å². The van der Waals surface area contributed by atoms with Crippen LogP contribution in [0.25, 0.3) is 0 Å². The van der Waals surface area contributed by atoms with Crippen LogP contribution >= 0.6 is 0 Å². The van der Waals surface area contributed by atoms with Gasteiger partial charge < -0.3 is 19.9 Å². The van der Waals surface area contributed by atoms with Crippen molar-refractivity contribution in [2.75, 3.05) is 18.5 Å². The maximum atomic E-state index is 12.6. The molecule has 29 heavy (non-hydrogen) atoms. The van der Waals surface area contributed by atoms with E-state index in [0.717, 1.165) is 16.7 Å². The van der Waals surface area contributed by atoms with Crippen LogP contribution in [0.2, 0.25) is 0 Å². The highest BCUT2D eigenvalue weighted by molar-refractivity contribution is 5.93. The van der Waals surface area contributed by atoms with Gasteiger partial charge in [0.1, 0.15) is 19.3 Å². The van der Waals surface area contributed by atoms with E-state index in [4.69, 9.17) is 9.47 Å². The van der Waals surface area contributed by atoms with Crippen molar-refractivity contribution in [1.29, 1.82) is 0 Å². The van der Waals surface area contributed by atoms with E-state index in [1.54, 1.807) is 12.1 Å². The summed E-state index contributed by atoms with van der Waals surface area (Å²) in [6.07, 6.45) is -0.659. The quantitative estimate of drug-likeness (QED) is 0.691. The predicted octanol–water partition coefficient (Wildman–Crippen LogP) is 4.03. The smallest absolute Gasteiger partial charge is 0.228 e. The lowest BCUT2D eigenvalue weighted by Gasteiger charge is -2.23. The molecule has 1 atom stereocenters. The van der Waals surface area contributed by atoms with Crippen molar-refractivity contribution in [1.82, 2.24) is 0 Å². The molecule has 1 aliphatic heterocycles. The average molecular weight is 389 g/mol. The summed E-state index contributed by atoms with van der Waals surface area (Å²) < 4.78 is 11.3. The van der Waals surface area contributed by atoms with Crippen LogP contribution in [-0.4, -0.2) is 24.2 Å². The number of carbonyl (C=O) groups is 1. The highest BCUT2D eigenvalue weighted by Gasteiger charge is 2.22. The Kier molecular flexibility index (Phi) is 5.49. The van der Waals surface area contributed by atoms with Gasteiger partial charge in [0.2, 0.25) is 5.91 Å². The van der Waals surface area contributed by atoms with E-state index in [0.29, 0.717) is 36.0 Å². The summed E-state index contributed by atoms with van der Waals surface area (Å²) in [5, 5.41) is 14.0. The summed E-state index contributed by atoms with van der Waals surface area (Å²) in [6.45, 7) is 2.90. The van der Waals surface area contributed by atoms with Crippen LogP contribution in [0.15, 0.2) is 66.7 Å². The van der Waals surface area contributed by atoms with Crippen molar-refractivity contribution in [3.8, 4) is 11.5 Å². The van der Waals surface area contributed by atoms with Crippen LogP contribution < -0.4 is 14.8 Å². The largest absolute Gasteiger partial charge is 0.486 e. The molecule has 3 aromatic carbocycles. The van der Waals surface area contributed by atoms with Gasteiger partial charge in [0.05, 0.1) is 12.1 Å². The fraction of sp³-hybridized carbons (Fsp3) is 0.208. The topological polar surface area (TPSA) is 67.8 Å². The molecule has 1 amide bonds. The van der Waals surface area contributed by atoms with Gasteiger partial charge in [-0.25, -0.2) is 0 Å². The lowest BCUT2D eigenvalue weighted by atomic mass is 9.98. The monoisotopic (exact) mass is 389 g/mol. The Morgan fingerprint density at radius 2 is 1.66 bits per heavy atom. The summed E-state index contributed by atoms with van der Waals surface area (Å²) in [5.74, 6) is 0.967. The molecular formula is C24H23NO4. The molecule has 1 heterocycles. The first-order valence-corrected chi connectivity index (χ1v) is 9.62. The Morgan fingerprint density at radius 1 is 1.00 bits per heavy atom. The van der Waals surface area contributed by atoms with E-state index in [9.17, 15) is 9.90 Å². The molecule has 0 saturated carbocycles. The third-order valence-corrected chi connectivity index (χ3v) is 4.88. The Morgan fingerprint density at radius 3 is 2.34 bits per heavy atom. The minimum Gasteiger partial charge on any atom is -0.486 e. The maximum Gasteiger partial charge on any atom is 0.228 e. The predicted molar refractivity (Wildman–Crippen MR) is 111 cm³/mol. The van der Waals surface area contributed by atoms with Crippen LogP contribution in [0, 0.1) is 6.92 Å². The lowest BCUT2D eigenvalue weighted by Crippen LogP contribution is -2.19. The Bertz CT molecular complexity index is 999. The molecular weight excluding hydrogens is 366 g/mol. The van der Waals surface area contributed by atoms with Crippen molar-refractivity contribution in [3.05, 3.63) is 89.0 Å². The minimum absolute atomic E-state index is 0.162. The van der Waals surface area contributed by atoms with Crippen molar-refractivity contribution >= 4 is 11.6 Å². The minimum atomic E-state index is -0.904. The summed E-state index contributed by atoms with van der Waals surface area (Å²) in [7, 11) is 0. The number of nitrogens with one attached hydrogen (secondary N) is 1. The zero-order valence-corrected chi connectivity index (χ0v) is 16.2. The molecule has 0 unspecified atom stereocenters. The molecule has 4 rings (SSSR count). The van der Waals surface area contributed by atoms with E-state index in [1.165, 1.54) is 0 Å². The third kappa shape index (κ3) is 4.41. The number of anilines is 1. The van der Waals surface area contributed by atoms with Crippen molar-refractivity contribution < 1.29 is 19.4 Å². The van der Waals surface area contributed by atoms with Gasteiger partial charge in [-0.15, -0.1) is 0 Å². The average Bonchev–Trinajstić information content (AvgIpc) is 2.74. The van der Waals surface area contributed by atoms with E-state index >= 15 is 0 Å². The highest BCUT2D eigenvalue weighted by Crippen LogP contribution is 2.39. The van der Waals surface area contributed by atoms with Gasteiger partial charge >= 0.3 is 0 Å². The number of fused-ring (bicyclic) bond motifs is 1. The van der Waals surface area contributed by atoms with Crippen LogP contribution in [0.1, 0.15) is 28.4 Å². The van der Waals surface area contributed by atoms with E-state index in [1.807, 2.05) is 61.5 Å². The molecule has 0 aliphatic carbocycles. The Labute approximate surface area is 169 Å². The lowest BCUT2D eigenvalue weighted by molar-refractivity contribution is -0.115. The standard InChI is InChI=1S/C24H23NO4/c1-16-7-9-18(10-8-16)24(27)19-14-21-22(29-12-11-28-21)15-20(19)25-23(26)13-17-5-3-2-4-6-17/h2-10,14-15,24,27H,11-13H2,1H3,(H,25,26)/t24-/m0/s1. The van der Waals surface area contributed by atoms with Gasteiger partial charge in [0.25, 0.3) is 0 Å². The molecule has 0 radical (unpaired) electrons. The first kappa shape index (κ1) is 19.0. The maximum absolute atomic E-state index is 12.6. The van der Waals surface area contributed by atoms with Crippen LogP contribution in [0.4, 0.5) is 5.69 Å². The summed E-state index contributed by atoms with van der Waals surface area (Å²) in [4.78, 5) is 12.6. The van der Waals surface area contributed by atoms with Crippen molar-refractivity contribution in [2.45, 2.75) is 19.4 Å². The van der Waals surface area contributed by atoms with Crippen molar-refractivity contribution in [2.24, 2.45) is 0 Å². The number of aliphatic hydroxyl groups excluding tert-OH is 1. The van der Waals surface area contributed by atoms with E-state index in [2.05, 4.69) is 5.32 Å². The molecule has 2 N–H and O–H groups in total. The number of aryl methyl sites for hydroxylation is 1. The fourth-order valence-electron chi connectivity index (χ4n) is 3.34. The van der Waals surface area contributed by atoms with Gasteiger partial charge in [-0.3, -0.25) is 4.79 Å². The van der Waals surface area contributed by atoms with Gasteiger partial charge in [-0.2, -0.15) is 0 Å². The van der Waals surface area contributed by atoms with Crippen LogP contribution in [0.3, 0.4) is 0 Å². The number of carbonyl (C=O) groups excluding carboxylic acids is 1. The molecule has 0 aromatic heterocycles. The zero-order chi connectivity index (χ0) is 20.2. The molecule has 0 spiro atoms. The summed E-state index contributed by atoms with van der Waals surface area (Å²) in [5.41, 5.74) is 3.86. The van der Waals surface area contributed by atoms with Crippen LogP contribution in [-0.2, 0) is 11.2 Å². The number of aliphatic hydroxyl groups is 1. The van der Waals surface area contributed by atoms with Gasteiger partial charge in [0, 0.05) is 11.6 Å². The second-order valence-electron chi connectivity index (χ2n) is 7.11. The summed E-state index contributed by atoms with van der Waals surface area (Å²) in [6, 6.07) is 20.7. The first-order valence-electron chi connectivity index (χ1n) is 9.62. The second kappa shape index (κ2) is 8.37. The molecule has 0 fully saturated rings. The Hall–Kier alpha value is -3.31. The third-order valence-electron chi connectivity index (χ3n) is 4.88. The first-order chi connectivity index (χ1) is 14.1. The molecule has 1 aliphatic rings. The highest BCUT2D eigenvalue weighted by atomic mass is 16.6. The number of ether oxygens (including phenoxy) is 2. The molecule has 148 valence electrons. The molecule has 0 bridgehead atoms. The Balaban J connectivity index is 1.65. The molecule has 0 saturated heterocycles. The zero-order valence-electron chi connectivity index (χ0n) is 16.2. The second-order valence-corrected chi connectivity index (χ2v) is 7.11. The summed E-state index contributed by atoms with van der Waals surface area (Å²) >= 11 is 0. The normalized spacial score (nSPS) is 13.6. The van der Waals surface area contributed by atoms with Crippen molar-refractivity contribution in [3.63, 3.8) is 0 Å². The fourth-order valence-corrected chi connectivity index (χ4v) is 3.34. The van der Waals surface area contributed by atoms with Gasteiger partial charge in [-0.1, -0.05) is 60.2 Å². The SMILES string of the molecule is Cc1ccc([C@H](O)c2cc3c(cc2NC(=O)Cc2ccccc2)OCCO3)cc1. The van der Waals surface area contributed by atoms with Gasteiger partial charge in [-0.05, 0) is 24.1 Å².